The van der Waals surface area contributed by atoms with Gasteiger partial charge in [0.05, 0.1) is 16.3 Å². The minimum atomic E-state index is -3.46. The van der Waals surface area contributed by atoms with Crippen LogP contribution in [-0.4, -0.2) is 37.7 Å². The van der Waals surface area contributed by atoms with Gasteiger partial charge in [-0.05, 0) is 18.2 Å². The first-order valence-corrected chi connectivity index (χ1v) is 7.34. The van der Waals surface area contributed by atoms with Crippen molar-refractivity contribution in [2.75, 3.05) is 17.2 Å². The zero-order chi connectivity index (χ0) is 13.5. The van der Waals surface area contributed by atoms with E-state index in [4.69, 9.17) is 5.11 Å². The van der Waals surface area contributed by atoms with E-state index in [0.29, 0.717) is 4.47 Å². The summed E-state index contributed by atoms with van der Waals surface area (Å²) in [6.45, 7) is -0.156. The Bertz CT molecular complexity index is 640. The minimum Gasteiger partial charge on any atom is -0.474 e. The third kappa shape index (κ3) is 2.13. The summed E-state index contributed by atoms with van der Waals surface area (Å²) in [7, 11) is -3.46. The molecule has 0 saturated heterocycles. The molecule has 1 heterocycles. The predicted octanol–water partition coefficient (Wildman–Crippen LogP) is 0.654. The van der Waals surface area contributed by atoms with Gasteiger partial charge in [0.15, 0.2) is 9.84 Å². The van der Waals surface area contributed by atoms with Crippen LogP contribution in [0.4, 0.5) is 5.69 Å². The van der Waals surface area contributed by atoms with Crippen LogP contribution in [0.1, 0.15) is 0 Å². The van der Waals surface area contributed by atoms with Crippen LogP contribution >= 0.6 is 15.9 Å². The van der Waals surface area contributed by atoms with Crippen LogP contribution in [0.25, 0.3) is 0 Å². The highest BCUT2D eigenvalue weighted by molar-refractivity contribution is 9.10. The van der Waals surface area contributed by atoms with Crippen LogP contribution in [0.2, 0.25) is 0 Å². The number of aliphatic carboxylic acids is 1. The largest absolute Gasteiger partial charge is 0.474 e. The number of benzene rings is 1. The zero-order valence-corrected chi connectivity index (χ0v) is 11.4. The highest BCUT2D eigenvalue weighted by Gasteiger charge is 2.34. The number of rotatable bonds is 0. The monoisotopic (exact) mass is 333 g/mol. The van der Waals surface area contributed by atoms with Crippen molar-refractivity contribution in [3.05, 3.63) is 22.7 Å². The highest BCUT2D eigenvalue weighted by atomic mass is 79.9. The average Bonchev–Trinajstić information content (AvgIpc) is 2.27. The van der Waals surface area contributed by atoms with E-state index in [1.54, 1.807) is 0 Å². The zero-order valence-electron chi connectivity index (χ0n) is 8.96. The lowest BCUT2D eigenvalue weighted by Gasteiger charge is -2.27. The van der Waals surface area contributed by atoms with E-state index in [9.17, 15) is 18.0 Å². The number of sulfone groups is 1. The number of hydrogen-bond acceptors (Lipinski definition) is 4. The van der Waals surface area contributed by atoms with Crippen molar-refractivity contribution in [3.63, 3.8) is 0 Å². The number of hydrogen-bond donors (Lipinski definition) is 1. The van der Waals surface area contributed by atoms with Crippen LogP contribution in [0, 0.1) is 0 Å². The summed E-state index contributed by atoms with van der Waals surface area (Å²) in [4.78, 5) is 23.1. The maximum Gasteiger partial charge on any atom is 0.394 e. The molecule has 0 aromatic heterocycles. The molecular weight excluding hydrogens is 326 g/mol. The number of carbonyl (C=O) groups excluding carboxylic acids is 1. The second kappa shape index (κ2) is 4.36. The molecule has 1 aromatic rings. The van der Waals surface area contributed by atoms with Gasteiger partial charge in [0.1, 0.15) is 0 Å². The van der Waals surface area contributed by atoms with Gasteiger partial charge in [-0.1, -0.05) is 15.9 Å². The van der Waals surface area contributed by atoms with Crippen LogP contribution in [0.15, 0.2) is 27.6 Å². The van der Waals surface area contributed by atoms with Gasteiger partial charge in [-0.15, -0.1) is 0 Å². The molecule has 1 aromatic carbocycles. The molecule has 2 rings (SSSR count). The van der Waals surface area contributed by atoms with Gasteiger partial charge in [0, 0.05) is 11.0 Å². The van der Waals surface area contributed by atoms with Gasteiger partial charge < -0.3 is 10.0 Å². The summed E-state index contributed by atoms with van der Waals surface area (Å²) >= 11 is 3.16. The van der Waals surface area contributed by atoms with Crippen LogP contribution < -0.4 is 4.90 Å². The normalized spacial score (nSPS) is 17.1. The van der Waals surface area contributed by atoms with E-state index in [0.717, 1.165) is 4.90 Å². The Hall–Kier alpha value is -1.41. The summed E-state index contributed by atoms with van der Waals surface area (Å²) in [5.41, 5.74) is 0.100. The number of carbonyl (C=O) groups is 2. The quantitative estimate of drug-likeness (QED) is 0.704. The first kappa shape index (κ1) is 13.0. The molecule has 0 saturated carbocycles. The Labute approximate surface area is 111 Å². The van der Waals surface area contributed by atoms with Crippen molar-refractivity contribution in [1.29, 1.82) is 0 Å². The Morgan fingerprint density at radius 1 is 1.33 bits per heavy atom. The Morgan fingerprint density at radius 2 is 2.00 bits per heavy atom. The van der Waals surface area contributed by atoms with E-state index >= 15 is 0 Å². The fraction of sp³-hybridized carbons (Fsp3) is 0.200. The molecule has 0 fully saturated rings. The van der Waals surface area contributed by atoms with Crippen LogP contribution in [0.5, 0.6) is 0 Å². The lowest BCUT2D eigenvalue weighted by molar-refractivity contribution is -0.148. The van der Waals surface area contributed by atoms with Gasteiger partial charge >= 0.3 is 11.9 Å². The Morgan fingerprint density at radius 3 is 2.61 bits per heavy atom. The van der Waals surface area contributed by atoms with Crippen LogP contribution in [-0.2, 0) is 19.4 Å². The molecule has 0 unspecified atom stereocenters. The fourth-order valence-corrected chi connectivity index (χ4v) is 3.49. The van der Waals surface area contributed by atoms with Crippen molar-refractivity contribution in [3.8, 4) is 0 Å². The molecule has 6 nitrogen and oxygen atoms in total. The van der Waals surface area contributed by atoms with Crippen molar-refractivity contribution >= 4 is 43.3 Å². The summed E-state index contributed by atoms with van der Waals surface area (Å²) < 4.78 is 24.2. The summed E-state index contributed by atoms with van der Waals surface area (Å²) in [5.74, 6) is -3.02. The summed E-state index contributed by atoms with van der Waals surface area (Å²) in [6.07, 6.45) is 0. The minimum absolute atomic E-state index is 0.0217. The molecule has 18 heavy (non-hydrogen) atoms. The number of halogens is 1. The van der Waals surface area contributed by atoms with E-state index in [1.165, 1.54) is 18.2 Å². The van der Waals surface area contributed by atoms with E-state index in [2.05, 4.69) is 15.9 Å². The average molecular weight is 334 g/mol. The molecule has 0 atom stereocenters. The van der Waals surface area contributed by atoms with Crippen molar-refractivity contribution in [1.82, 2.24) is 0 Å². The molecule has 1 aliphatic rings. The van der Waals surface area contributed by atoms with E-state index < -0.39 is 21.7 Å². The topological polar surface area (TPSA) is 91.8 Å². The first-order chi connectivity index (χ1) is 8.33. The third-order valence-electron chi connectivity index (χ3n) is 2.56. The first-order valence-electron chi connectivity index (χ1n) is 4.90. The van der Waals surface area contributed by atoms with Gasteiger partial charge in [0.25, 0.3) is 0 Å². The Kier molecular flexibility index (Phi) is 3.16. The lowest BCUT2D eigenvalue weighted by Crippen LogP contribution is -2.43. The number of anilines is 1. The third-order valence-corrected chi connectivity index (χ3v) is 4.79. The number of nitrogens with zero attached hydrogens (tertiary/aromatic N) is 1. The van der Waals surface area contributed by atoms with Crippen molar-refractivity contribution in [2.45, 2.75) is 4.90 Å². The summed E-state index contributed by atoms with van der Waals surface area (Å²) in [6, 6.07) is 4.31. The maximum atomic E-state index is 11.8. The van der Waals surface area contributed by atoms with Gasteiger partial charge in [-0.2, -0.15) is 0 Å². The molecule has 0 bridgehead atoms. The van der Waals surface area contributed by atoms with E-state index in [1.807, 2.05) is 0 Å². The number of fused-ring (bicyclic) bond motifs is 1. The SMILES string of the molecule is O=C(O)C(=O)N1CCS(=O)(=O)c2ccc(Br)cc21. The molecule has 0 spiro atoms. The lowest BCUT2D eigenvalue weighted by atomic mass is 10.2. The van der Waals surface area contributed by atoms with Gasteiger partial charge in [0.2, 0.25) is 0 Å². The molecule has 0 aliphatic carbocycles. The molecule has 1 aliphatic heterocycles. The standard InChI is InChI=1S/C10H8BrNO5S/c11-6-1-2-8-7(5-6)12(9(13)10(14)15)3-4-18(8,16)17/h1-2,5H,3-4H2,(H,14,15). The number of carboxylic acids is 1. The Balaban J connectivity index is 2.62. The van der Waals surface area contributed by atoms with Gasteiger partial charge in [-0.3, -0.25) is 4.79 Å². The molecular formula is C10H8BrNO5S. The molecule has 8 heteroatoms. The number of carboxylic acid groups (broad SMARTS) is 1. The predicted molar refractivity (Wildman–Crippen MR) is 66.2 cm³/mol. The molecule has 96 valence electrons. The molecule has 0 radical (unpaired) electrons. The highest BCUT2D eigenvalue weighted by Crippen LogP contribution is 2.33. The fourth-order valence-electron chi connectivity index (χ4n) is 1.73. The molecule has 1 amide bonds. The number of amides is 1. The van der Waals surface area contributed by atoms with Crippen LogP contribution in [0.3, 0.4) is 0 Å². The summed E-state index contributed by atoms with van der Waals surface area (Å²) in [5, 5.41) is 8.71. The maximum absolute atomic E-state index is 11.8. The van der Waals surface area contributed by atoms with Crippen molar-refractivity contribution < 1.29 is 23.1 Å². The van der Waals surface area contributed by atoms with Gasteiger partial charge in [-0.25, -0.2) is 13.2 Å². The second-order valence-electron chi connectivity index (χ2n) is 3.69. The smallest absolute Gasteiger partial charge is 0.394 e. The van der Waals surface area contributed by atoms with Crippen molar-refractivity contribution in [2.24, 2.45) is 0 Å². The second-order valence-corrected chi connectivity index (χ2v) is 6.69. The molecule has 1 N–H and O–H groups in total. The van der Waals surface area contributed by atoms with E-state index in [-0.39, 0.29) is 22.9 Å².